The molecule has 1 N–H and O–H groups in total. The zero-order valence-corrected chi connectivity index (χ0v) is 16.8. The fourth-order valence-electron chi connectivity index (χ4n) is 3.08. The van der Waals surface area contributed by atoms with Gasteiger partial charge in [0.2, 0.25) is 5.91 Å². The van der Waals surface area contributed by atoms with Gasteiger partial charge in [-0.15, -0.1) is 11.3 Å². The van der Waals surface area contributed by atoms with Crippen LogP contribution in [0.25, 0.3) is 10.6 Å². The molecule has 1 atom stereocenters. The van der Waals surface area contributed by atoms with Gasteiger partial charge in [-0.05, 0) is 30.5 Å². The third kappa shape index (κ3) is 5.23. The van der Waals surface area contributed by atoms with Gasteiger partial charge in [0.1, 0.15) is 5.01 Å². The van der Waals surface area contributed by atoms with Gasteiger partial charge >= 0.3 is 0 Å². The minimum atomic E-state index is 0.00522. The number of thiazole rings is 1. The molecule has 5 heteroatoms. The summed E-state index contributed by atoms with van der Waals surface area (Å²) in [6.07, 6.45) is 3.96. The molecule has 1 amide bonds. The number of aromatic nitrogens is 2. The highest BCUT2D eigenvalue weighted by Gasteiger charge is 2.17. The van der Waals surface area contributed by atoms with Crippen molar-refractivity contribution in [3.63, 3.8) is 0 Å². The monoisotopic (exact) mass is 379 g/mol. The van der Waals surface area contributed by atoms with Crippen molar-refractivity contribution in [1.82, 2.24) is 15.3 Å². The molecule has 27 heavy (non-hydrogen) atoms. The summed E-state index contributed by atoms with van der Waals surface area (Å²) >= 11 is 1.58. The van der Waals surface area contributed by atoms with Gasteiger partial charge in [-0.25, -0.2) is 4.98 Å². The highest BCUT2D eigenvalue weighted by molar-refractivity contribution is 7.13. The fraction of sp³-hybridized carbons (Fsp3) is 0.318. The van der Waals surface area contributed by atoms with Crippen molar-refractivity contribution >= 4 is 17.2 Å². The van der Waals surface area contributed by atoms with E-state index in [0.717, 1.165) is 21.8 Å². The number of benzene rings is 1. The summed E-state index contributed by atoms with van der Waals surface area (Å²) in [4.78, 5) is 21.2. The SMILES string of the molecule is Cc1cccc(-c2nc(CC(=O)NCC(c3cccnc3)C(C)C)cs2)c1. The molecule has 0 saturated carbocycles. The molecule has 0 fully saturated rings. The molecule has 0 bridgehead atoms. The third-order valence-electron chi connectivity index (χ3n) is 4.59. The number of hydrogen-bond acceptors (Lipinski definition) is 4. The number of amides is 1. The molecule has 0 spiro atoms. The van der Waals surface area contributed by atoms with Gasteiger partial charge < -0.3 is 5.32 Å². The van der Waals surface area contributed by atoms with E-state index in [1.165, 1.54) is 5.56 Å². The Kier molecular flexibility index (Phi) is 6.35. The van der Waals surface area contributed by atoms with Gasteiger partial charge in [0, 0.05) is 35.8 Å². The van der Waals surface area contributed by atoms with Gasteiger partial charge in [0.25, 0.3) is 0 Å². The van der Waals surface area contributed by atoms with Crippen LogP contribution in [-0.4, -0.2) is 22.4 Å². The van der Waals surface area contributed by atoms with Crippen molar-refractivity contribution in [2.45, 2.75) is 33.1 Å². The summed E-state index contributed by atoms with van der Waals surface area (Å²) in [6, 6.07) is 12.3. The van der Waals surface area contributed by atoms with E-state index < -0.39 is 0 Å². The Morgan fingerprint density at radius 3 is 2.78 bits per heavy atom. The van der Waals surface area contributed by atoms with Gasteiger partial charge in [-0.1, -0.05) is 43.7 Å². The molecule has 0 aliphatic rings. The van der Waals surface area contributed by atoms with Crippen molar-refractivity contribution in [3.8, 4) is 10.6 Å². The standard InChI is InChI=1S/C22H25N3OS/c1-15(2)20(18-8-5-9-23-12-18)13-24-21(26)11-19-14-27-22(25-19)17-7-4-6-16(3)10-17/h4-10,12,14-15,20H,11,13H2,1-3H3,(H,24,26). The van der Waals surface area contributed by atoms with Gasteiger partial charge in [0.05, 0.1) is 12.1 Å². The van der Waals surface area contributed by atoms with Crippen LogP contribution in [0.4, 0.5) is 0 Å². The predicted octanol–water partition coefficient (Wildman–Crippen LogP) is 4.61. The van der Waals surface area contributed by atoms with Crippen molar-refractivity contribution in [1.29, 1.82) is 0 Å². The average molecular weight is 380 g/mol. The van der Waals surface area contributed by atoms with Crippen LogP contribution < -0.4 is 5.32 Å². The van der Waals surface area contributed by atoms with Gasteiger partial charge in [-0.2, -0.15) is 0 Å². The number of hydrogen-bond donors (Lipinski definition) is 1. The van der Waals surface area contributed by atoms with E-state index in [1.54, 1.807) is 17.5 Å². The van der Waals surface area contributed by atoms with E-state index in [1.807, 2.05) is 23.7 Å². The Labute approximate surface area is 164 Å². The maximum atomic E-state index is 12.4. The second-order valence-corrected chi connectivity index (χ2v) is 7.99. The summed E-state index contributed by atoms with van der Waals surface area (Å²) in [5.41, 5.74) is 4.28. The molecule has 140 valence electrons. The number of aryl methyl sites for hydroxylation is 1. The molecule has 2 aromatic heterocycles. The number of carbonyl (C=O) groups excluding carboxylic acids is 1. The Bertz CT molecular complexity index is 889. The fourth-order valence-corrected chi connectivity index (χ4v) is 3.90. The number of rotatable bonds is 7. The van der Waals surface area contributed by atoms with Crippen molar-refractivity contribution in [2.75, 3.05) is 6.54 Å². The van der Waals surface area contributed by atoms with E-state index >= 15 is 0 Å². The maximum Gasteiger partial charge on any atom is 0.226 e. The highest BCUT2D eigenvalue weighted by atomic mass is 32.1. The molecule has 0 aliphatic heterocycles. The number of nitrogens with one attached hydrogen (secondary N) is 1. The normalized spacial score (nSPS) is 12.1. The maximum absolute atomic E-state index is 12.4. The summed E-state index contributed by atoms with van der Waals surface area (Å²) in [5, 5.41) is 5.99. The minimum Gasteiger partial charge on any atom is -0.355 e. The van der Waals surface area contributed by atoms with E-state index in [4.69, 9.17) is 0 Å². The van der Waals surface area contributed by atoms with Crippen molar-refractivity contribution < 1.29 is 4.79 Å². The average Bonchev–Trinajstić information content (AvgIpc) is 3.11. The quantitative estimate of drug-likeness (QED) is 0.652. The molecule has 2 heterocycles. The molecule has 1 aromatic carbocycles. The van der Waals surface area contributed by atoms with Crippen LogP contribution in [0, 0.1) is 12.8 Å². The third-order valence-corrected chi connectivity index (χ3v) is 5.54. The zero-order chi connectivity index (χ0) is 19.2. The Morgan fingerprint density at radius 1 is 1.22 bits per heavy atom. The molecule has 3 aromatic rings. The number of nitrogens with zero attached hydrogens (tertiary/aromatic N) is 2. The lowest BCUT2D eigenvalue weighted by molar-refractivity contribution is -0.120. The Hall–Kier alpha value is -2.53. The van der Waals surface area contributed by atoms with Crippen molar-refractivity contribution in [2.24, 2.45) is 5.92 Å². The van der Waals surface area contributed by atoms with Crippen molar-refractivity contribution in [3.05, 3.63) is 71.0 Å². The van der Waals surface area contributed by atoms with E-state index in [-0.39, 0.29) is 11.8 Å². The molecular weight excluding hydrogens is 354 g/mol. The van der Waals surface area contributed by atoms with Crippen LogP contribution in [0.15, 0.2) is 54.2 Å². The van der Waals surface area contributed by atoms with E-state index in [0.29, 0.717) is 18.9 Å². The van der Waals surface area contributed by atoms with Gasteiger partial charge in [-0.3, -0.25) is 9.78 Å². The topological polar surface area (TPSA) is 54.9 Å². The zero-order valence-electron chi connectivity index (χ0n) is 16.0. The summed E-state index contributed by atoms with van der Waals surface area (Å²) in [6.45, 7) is 7.01. The molecule has 0 saturated heterocycles. The smallest absolute Gasteiger partial charge is 0.226 e. The lowest BCUT2D eigenvalue weighted by Crippen LogP contribution is -2.31. The second kappa shape index (κ2) is 8.91. The number of pyridine rings is 1. The first-order chi connectivity index (χ1) is 13.0. The molecule has 1 unspecified atom stereocenters. The van der Waals surface area contributed by atoms with E-state index in [2.05, 4.69) is 60.3 Å². The number of carbonyl (C=O) groups is 1. The minimum absolute atomic E-state index is 0.00522. The van der Waals surface area contributed by atoms with Crippen LogP contribution in [-0.2, 0) is 11.2 Å². The summed E-state index contributed by atoms with van der Waals surface area (Å²) < 4.78 is 0. The summed E-state index contributed by atoms with van der Waals surface area (Å²) in [5.74, 6) is 0.674. The van der Waals surface area contributed by atoms with Crippen LogP contribution in [0.5, 0.6) is 0 Å². The molecular formula is C22H25N3OS. The second-order valence-electron chi connectivity index (χ2n) is 7.13. The van der Waals surface area contributed by atoms with Crippen LogP contribution in [0.1, 0.15) is 36.6 Å². The molecule has 0 aliphatic carbocycles. The van der Waals surface area contributed by atoms with E-state index in [9.17, 15) is 4.79 Å². The summed E-state index contributed by atoms with van der Waals surface area (Å²) in [7, 11) is 0. The Balaban J connectivity index is 1.59. The predicted molar refractivity (Wildman–Crippen MR) is 111 cm³/mol. The lowest BCUT2D eigenvalue weighted by Gasteiger charge is -2.21. The lowest BCUT2D eigenvalue weighted by atomic mass is 9.89. The highest BCUT2D eigenvalue weighted by Crippen LogP contribution is 2.25. The largest absolute Gasteiger partial charge is 0.355 e. The molecule has 0 radical (unpaired) electrons. The van der Waals surface area contributed by atoms with Crippen LogP contribution in [0.2, 0.25) is 0 Å². The molecule has 4 nitrogen and oxygen atoms in total. The first-order valence-corrected chi connectivity index (χ1v) is 10.1. The van der Waals surface area contributed by atoms with Crippen LogP contribution >= 0.6 is 11.3 Å². The first kappa shape index (κ1) is 19.2. The first-order valence-electron chi connectivity index (χ1n) is 9.21. The van der Waals surface area contributed by atoms with Gasteiger partial charge in [0.15, 0.2) is 0 Å². The Morgan fingerprint density at radius 2 is 2.07 bits per heavy atom. The van der Waals surface area contributed by atoms with Crippen LogP contribution in [0.3, 0.4) is 0 Å². The molecule has 3 rings (SSSR count).